The molecule has 0 aliphatic rings. The molecule has 0 radical (unpaired) electrons. The summed E-state index contributed by atoms with van der Waals surface area (Å²) in [4.78, 5) is 12.2. The molecule has 0 fully saturated rings. The summed E-state index contributed by atoms with van der Waals surface area (Å²) in [5.74, 6) is 0.390. The molecule has 31 heavy (non-hydrogen) atoms. The van der Waals surface area contributed by atoms with E-state index >= 15 is 0 Å². The second kappa shape index (κ2) is 11.1. The summed E-state index contributed by atoms with van der Waals surface area (Å²) < 4.78 is 34.5. The van der Waals surface area contributed by atoms with Crippen molar-refractivity contribution >= 4 is 27.8 Å². The van der Waals surface area contributed by atoms with Crippen molar-refractivity contribution in [2.45, 2.75) is 70.2 Å². The normalized spacial score (nSPS) is 13.0. The summed E-state index contributed by atoms with van der Waals surface area (Å²) in [6.45, 7) is 12.1. The van der Waals surface area contributed by atoms with Gasteiger partial charge in [-0.3, -0.25) is 9.36 Å². The lowest BCUT2D eigenvalue weighted by atomic mass is 10.2. The Labute approximate surface area is 189 Å². The zero-order valence-electron chi connectivity index (χ0n) is 19.0. The first-order valence-corrected chi connectivity index (χ1v) is 13.0. The molecule has 10 heteroatoms. The number of sulfonamides is 1. The first-order chi connectivity index (χ1) is 14.6. The second-order valence-electron chi connectivity index (χ2n) is 7.38. The monoisotopic (exact) mass is 468 g/mol. The molecule has 8 nitrogen and oxygen atoms in total. The molecule has 172 valence electrons. The third kappa shape index (κ3) is 6.08. The van der Waals surface area contributed by atoms with Crippen molar-refractivity contribution in [1.82, 2.24) is 19.1 Å². The van der Waals surface area contributed by atoms with Crippen molar-refractivity contribution < 1.29 is 17.9 Å². The first kappa shape index (κ1) is 25.4. The van der Waals surface area contributed by atoms with E-state index in [-0.39, 0.29) is 28.8 Å². The Morgan fingerprint density at radius 1 is 1.16 bits per heavy atom. The van der Waals surface area contributed by atoms with E-state index in [1.807, 2.05) is 45.3 Å². The molecule has 0 spiro atoms. The molecule has 0 saturated carbocycles. The van der Waals surface area contributed by atoms with Gasteiger partial charge in [-0.2, -0.15) is 4.31 Å². The Morgan fingerprint density at radius 2 is 1.84 bits per heavy atom. The zero-order valence-corrected chi connectivity index (χ0v) is 20.7. The summed E-state index contributed by atoms with van der Waals surface area (Å²) in [5, 5.41) is 9.21. The van der Waals surface area contributed by atoms with Gasteiger partial charge in [-0.15, -0.1) is 10.2 Å². The van der Waals surface area contributed by atoms with Crippen molar-refractivity contribution in [2.75, 3.05) is 18.8 Å². The fourth-order valence-electron chi connectivity index (χ4n) is 3.08. The van der Waals surface area contributed by atoms with Crippen LogP contribution in [0, 0.1) is 0 Å². The summed E-state index contributed by atoms with van der Waals surface area (Å²) in [5.41, 5.74) is 0.664. The van der Waals surface area contributed by atoms with E-state index < -0.39 is 10.0 Å². The number of hydrogen-bond donors (Lipinski definition) is 0. The quantitative estimate of drug-likeness (QED) is 0.363. The number of benzene rings is 1. The van der Waals surface area contributed by atoms with Crippen LogP contribution in [0.1, 0.15) is 54.0 Å². The van der Waals surface area contributed by atoms with Crippen LogP contribution in [0.5, 0.6) is 0 Å². The number of carbonyl (C=O) groups excluding carboxylic acids is 1. The van der Waals surface area contributed by atoms with Gasteiger partial charge in [-0.25, -0.2) is 8.42 Å². The Balaban J connectivity index is 2.43. The van der Waals surface area contributed by atoms with Crippen LogP contribution in [0.3, 0.4) is 0 Å². The number of hydrogen-bond acceptors (Lipinski definition) is 7. The number of thioether (sulfide) groups is 1. The molecular formula is C21H32N4O4S2. The largest absolute Gasteiger partial charge is 0.462 e. The van der Waals surface area contributed by atoms with Gasteiger partial charge < -0.3 is 4.74 Å². The topological polar surface area (TPSA) is 94.4 Å². The lowest BCUT2D eigenvalue weighted by Crippen LogP contribution is -2.30. The molecule has 2 rings (SSSR count). The average molecular weight is 469 g/mol. The highest BCUT2D eigenvalue weighted by atomic mass is 32.2. The van der Waals surface area contributed by atoms with E-state index in [1.165, 1.54) is 16.1 Å². The highest BCUT2D eigenvalue weighted by molar-refractivity contribution is 7.99. The van der Waals surface area contributed by atoms with Crippen molar-refractivity contribution in [3.05, 3.63) is 24.3 Å². The Morgan fingerprint density at radius 3 is 2.42 bits per heavy atom. The van der Waals surface area contributed by atoms with Gasteiger partial charge in [-0.05, 0) is 39.3 Å². The standard InChI is InChI=1S/C21H32N4O4S2/c1-7-16(6)25-20(22-23-21(25)30-14-19(26)29-15(4)5)17-11-10-12-18(13-17)31(27,28)24(8-2)9-3/h10-13,15-16H,7-9,14H2,1-6H3/t16-/m0/s1. The average Bonchev–Trinajstić information content (AvgIpc) is 3.16. The van der Waals surface area contributed by atoms with E-state index in [0.29, 0.717) is 29.6 Å². The number of esters is 1. The van der Waals surface area contributed by atoms with Crippen LogP contribution in [0.25, 0.3) is 11.4 Å². The SMILES string of the molecule is CC[C@H](C)n1c(SCC(=O)OC(C)C)nnc1-c1cccc(S(=O)(=O)N(CC)CC)c1. The highest BCUT2D eigenvalue weighted by Crippen LogP contribution is 2.30. The van der Waals surface area contributed by atoms with Crippen LogP contribution in [-0.4, -0.2) is 58.4 Å². The molecule has 1 heterocycles. The van der Waals surface area contributed by atoms with Gasteiger partial charge in [0.1, 0.15) is 0 Å². The lowest BCUT2D eigenvalue weighted by Gasteiger charge is -2.19. The molecular weight excluding hydrogens is 436 g/mol. The summed E-state index contributed by atoms with van der Waals surface area (Å²) in [6.07, 6.45) is 0.651. The van der Waals surface area contributed by atoms with Crippen molar-refractivity contribution in [3.8, 4) is 11.4 Å². The molecule has 0 aliphatic heterocycles. The van der Waals surface area contributed by atoms with Crippen LogP contribution in [0.4, 0.5) is 0 Å². The summed E-state index contributed by atoms with van der Waals surface area (Å²) in [6, 6.07) is 6.84. The smallest absolute Gasteiger partial charge is 0.316 e. The fraction of sp³-hybridized carbons (Fsp3) is 0.571. The zero-order chi connectivity index (χ0) is 23.2. The number of rotatable bonds is 11. The first-order valence-electron chi connectivity index (χ1n) is 10.5. The third-order valence-corrected chi connectivity index (χ3v) is 7.78. The van der Waals surface area contributed by atoms with Crippen molar-refractivity contribution in [1.29, 1.82) is 0 Å². The van der Waals surface area contributed by atoms with Gasteiger partial charge >= 0.3 is 5.97 Å². The van der Waals surface area contributed by atoms with Crippen LogP contribution in [-0.2, 0) is 19.6 Å². The van der Waals surface area contributed by atoms with Crippen molar-refractivity contribution in [2.24, 2.45) is 0 Å². The van der Waals surface area contributed by atoms with Crippen LogP contribution in [0.2, 0.25) is 0 Å². The predicted molar refractivity (Wildman–Crippen MR) is 123 cm³/mol. The van der Waals surface area contributed by atoms with E-state index in [9.17, 15) is 13.2 Å². The van der Waals surface area contributed by atoms with Crippen LogP contribution in [0.15, 0.2) is 34.3 Å². The van der Waals surface area contributed by atoms with Gasteiger partial charge in [0, 0.05) is 24.7 Å². The minimum absolute atomic E-state index is 0.0664. The third-order valence-electron chi connectivity index (χ3n) is 4.82. The Hall–Kier alpha value is -1.91. The fourth-order valence-corrected chi connectivity index (χ4v) is 5.40. The molecule has 1 aromatic heterocycles. The van der Waals surface area contributed by atoms with Crippen LogP contribution >= 0.6 is 11.8 Å². The van der Waals surface area contributed by atoms with Gasteiger partial charge in [-0.1, -0.05) is 44.7 Å². The summed E-state index contributed by atoms with van der Waals surface area (Å²) in [7, 11) is -3.59. The minimum atomic E-state index is -3.59. The van der Waals surface area contributed by atoms with Gasteiger partial charge in [0.25, 0.3) is 0 Å². The molecule has 0 saturated heterocycles. The minimum Gasteiger partial charge on any atom is -0.462 e. The molecule has 0 bridgehead atoms. The Bertz CT molecular complexity index is 985. The molecule has 1 atom stereocenters. The number of carbonyl (C=O) groups is 1. The molecule has 1 aromatic carbocycles. The summed E-state index contributed by atoms with van der Waals surface area (Å²) >= 11 is 1.27. The second-order valence-corrected chi connectivity index (χ2v) is 10.3. The van der Waals surface area contributed by atoms with Gasteiger partial charge in [0.15, 0.2) is 11.0 Å². The van der Waals surface area contributed by atoms with E-state index in [1.54, 1.807) is 18.2 Å². The maximum absolute atomic E-state index is 13.0. The molecule has 0 unspecified atom stereocenters. The number of nitrogens with zero attached hydrogens (tertiary/aromatic N) is 4. The van der Waals surface area contributed by atoms with E-state index in [4.69, 9.17) is 4.74 Å². The predicted octanol–water partition coefficient (Wildman–Crippen LogP) is 3.99. The number of ether oxygens (including phenoxy) is 1. The molecule has 0 aliphatic carbocycles. The highest BCUT2D eigenvalue weighted by Gasteiger charge is 2.24. The Kier molecular flexibility index (Phi) is 9.08. The lowest BCUT2D eigenvalue weighted by molar-refractivity contribution is -0.144. The van der Waals surface area contributed by atoms with Crippen LogP contribution < -0.4 is 0 Å². The maximum atomic E-state index is 13.0. The molecule has 2 aromatic rings. The molecule has 0 N–H and O–H groups in total. The number of aromatic nitrogens is 3. The van der Waals surface area contributed by atoms with E-state index in [2.05, 4.69) is 17.1 Å². The van der Waals surface area contributed by atoms with E-state index in [0.717, 1.165) is 6.42 Å². The van der Waals surface area contributed by atoms with Gasteiger partial charge in [0.05, 0.1) is 16.8 Å². The van der Waals surface area contributed by atoms with Crippen molar-refractivity contribution in [3.63, 3.8) is 0 Å². The maximum Gasteiger partial charge on any atom is 0.316 e. The van der Waals surface area contributed by atoms with Gasteiger partial charge in [0.2, 0.25) is 10.0 Å². The molecule has 0 amide bonds.